The predicted molar refractivity (Wildman–Crippen MR) is 78.4 cm³/mol. The molecule has 3 nitrogen and oxygen atoms in total. The minimum Gasteiger partial charge on any atom is -0.246 e. The number of hydrogen-bond acceptors (Lipinski definition) is 4. The second kappa shape index (κ2) is 6.08. The van der Waals surface area contributed by atoms with Crippen LogP contribution in [0.5, 0.6) is 0 Å². The Bertz CT molecular complexity index is 556. The maximum absolute atomic E-state index is 6.11. The Kier molecular flexibility index (Phi) is 4.70. The third-order valence-corrected chi connectivity index (χ3v) is 4.69. The van der Waals surface area contributed by atoms with Gasteiger partial charge in [-0.1, -0.05) is 24.9 Å². The number of halogens is 2. The molecular formula is C12H13BrClN3S. The molecule has 0 radical (unpaired) electrons. The third kappa shape index (κ3) is 3.28. The van der Waals surface area contributed by atoms with Crippen molar-refractivity contribution in [1.82, 2.24) is 15.0 Å². The van der Waals surface area contributed by atoms with Crippen LogP contribution in [0.3, 0.4) is 0 Å². The molecule has 0 N–H and O–H groups in total. The fourth-order valence-electron chi connectivity index (χ4n) is 1.61. The molecule has 6 heteroatoms. The molecule has 2 rings (SSSR count). The summed E-state index contributed by atoms with van der Waals surface area (Å²) in [5.74, 6) is 0.737. The van der Waals surface area contributed by atoms with E-state index in [-0.39, 0.29) is 0 Å². The summed E-state index contributed by atoms with van der Waals surface area (Å²) in [7, 11) is 0. The van der Waals surface area contributed by atoms with E-state index in [1.807, 2.05) is 12.3 Å². The Morgan fingerprint density at radius 1 is 1.33 bits per heavy atom. The number of aryl methyl sites for hydroxylation is 2. The van der Waals surface area contributed by atoms with Gasteiger partial charge in [0.15, 0.2) is 0 Å². The Labute approximate surface area is 124 Å². The highest BCUT2D eigenvalue weighted by Gasteiger charge is 2.11. The lowest BCUT2D eigenvalue weighted by Gasteiger charge is -2.06. The average Bonchev–Trinajstić information content (AvgIpc) is 2.71. The summed E-state index contributed by atoms with van der Waals surface area (Å²) in [6.45, 7) is 4.10. The van der Waals surface area contributed by atoms with E-state index >= 15 is 0 Å². The first-order valence-corrected chi connectivity index (χ1v) is 7.77. The van der Waals surface area contributed by atoms with Crippen molar-refractivity contribution in [2.75, 3.05) is 0 Å². The van der Waals surface area contributed by atoms with E-state index in [2.05, 4.69) is 37.8 Å². The Hall–Kier alpha value is -0.520. The second-order valence-corrected chi connectivity index (χ2v) is 6.09. The second-order valence-electron chi connectivity index (χ2n) is 4.00. The molecule has 0 fully saturated rings. The Morgan fingerprint density at radius 3 is 2.72 bits per heavy atom. The molecule has 0 aliphatic heterocycles. The van der Waals surface area contributed by atoms with Crippen molar-refractivity contribution >= 4 is 38.9 Å². The van der Waals surface area contributed by atoms with Gasteiger partial charge in [0.05, 0.1) is 16.6 Å². The van der Waals surface area contributed by atoms with Crippen molar-refractivity contribution in [3.05, 3.63) is 37.2 Å². The highest BCUT2D eigenvalue weighted by molar-refractivity contribution is 9.10. The van der Waals surface area contributed by atoms with Gasteiger partial charge in [-0.05, 0) is 29.3 Å². The predicted octanol–water partition coefficient (Wildman–Crippen LogP) is 4.20. The zero-order chi connectivity index (χ0) is 13.1. The summed E-state index contributed by atoms with van der Waals surface area (Å²) in [4.78, 5) is 13.3. The van der Waals surface area contributed by atoms with Gasteiger partial charge in [0.25, 0.3) is 0 Å². The molecule has 0 saturated carbocycles. The SMILES string of the molecule is CCCc1nc(Cc2nc(C)cs2)nc(Cl)c1Br. The van der Waals surface area contributed by atoms with Crippen molar-refractivity contribution in [2.45, 2.75) is 33.1 Å². The molecule has 0 bridgehead atoms. The zero-order valence-electron chi connectivity index (χ0n) is 10.2. The van der Waals surface area contributed by atoms with Crippen LogP contribution in [-0.2, 0) is 12.8 Å². The lowest BCUT2D eigenvalue weighted by molar-refractivity contribution is 0.832. The fraction of sp³-hybridized carbons (Fsp3) is 0.417. The third-order valence-electron chi connectivity index (χ3n) is 2.39. The van der Waals surface area contributed by atoms with Crippen LogP contribution in [0.4, 0.5) is 0 Å². The summed E-state index contributed by atoms with van der Waals surface area (Å²) < 4.78 is 0.810. The van der Waals surface area contributed by atoms with Crippen LogP contribution < -0.4 is 0 Å². The van der Waals surface area contributed by atoms with Crippen molar-refractivity contribution in [3.63, 3.8) is 0 Å². The molecule has 0 unspecified atom stereocenters. The maximum Gasteiger partial charge on any atom is 0.147 e. The normalized spacial score (nSPS) is 10.9. The first kappa shape index (κ1) is 13.9. The van der Waals surface area contributed by atoms with Crippen LogP contribution in [0, 0.1) is 6.92 Å². The lowest BCUT2D eigenvalue weighted by Crippen LogP contribution is -2.02. The summed E-state index contributed by atoms with van der Waals surface area (Å²) >= 11 is 11.2. The van der Waals surface area contributed by atoms with Crippen molar-refractivity contribution in [1.29, 1.82) is 0 Å². The number of thiazole rings is 1. The summed E-state index contributed by atoms with van der Waals surface area (Å²) in [6.07, 6.45) is 2.57. The van der Waals surface area contributed by atoms with Crippen LogP contribution >= 0.6 is 38.9 Å². The van der Waals surface area contributed by atoms with Crippen LogP contribution in [0.25, 0.3) is 0 Å². The van der Waals surface area contributed by atoms with Crippen LogP contribution in [-0.4, -0.2) is 15.0 Å². The van der Waals surface area contributed by atoms with E-state index in [0.717, 1.165) is 39.5 Å². The van der Waals surface area contributed by atoms with Crippen molar-refractivity contribution < 1.29 is 0 Å². The molecule has 0 aliphatic rings. The van der Waals surface area contributed by atoms with E-state index in [0.29, 0.717) is 11.6 Å². The van der Waals surface area contributed by atoms with E-state index in [1.165, 1.54) is 0 Å². The topological polar surface area (TPSA) is 38.7 Å². The quantitative estimate of drug-likeness (QED) is 0.779. The van der Waals surface area contributed by atoms with Gasteiger partial charge in [0, 0.05) is 11.1 Å². The van der Waals surface area contributed by atoms with Gasteiger partial charge in [0.2, 0.25) is 0 Å². The highest BCUT2D eigenvalue weighted by atomic mass is 79.9. The molecule has 0 aromatic carbocycles. The molecule has 0 atom stereocenters. The maximum atomic E-state index is 6.11. The molecule has 18 heavy (non-hydrogen) atoms. The average molecular weight is 347 g/mol. The van der Waals surface area contributed by atoms with Gasteiger partial charge < -0.3 is 0 Å². The van der Waals surface area contributed by atoms with Gasteiger partial charge in [0.1, 0.15) is 16.0 Å². The number of nitrogens with zero attached hydrogens (tertiary/aromatic N) is 3. The summed E-state index contributed by atoms with van der Waals surface area (Å²) in [6, 6.07) is 0. The van der Waals surface area contributed by atoms with Gasteiger partial charge in [-0.15, -0.1) is 11.3 Å². The van der Waals surface area contributed by atoms with Crippen LogP contribution in [0.15, 0.2) is 9.85 Å². The smallest absolute Gasteiger partial charge is 0.147 e. The molecule has 2 aromatic rings. The minimum atomic E-state index is 0.483. The van der Waals surface area contributed by atoms with E-state index in [4.69, 9.17) is 11.6 Å². The standard InChI is InChI=1S/C12H13BrClN3S/c1-3-4-8-11(13)12(14)17-9(16-8)5-10-15-7(2)6-18-10/h6H,3-5H2,1-2H3. The monoisotopic (exact) mass is 345 g/mol. The summed E-state index contributed by atoms with van der Waals surface area (Å²) in [5, 5.41) is 3.54. The van der Waals surface area contributed by atoms with Crippen molar-refractivity contribution in [3.8, 4) is 0 Å². The molecule has 0 aliphatic carbocycles. The molecular weight excluding hydrogens is 334 g/mol. The number of aromatic nitrogens is 3. The molecule has 0 amide bonds. The van der Waals surface area contributed by atoms with E-state index in [1.54, 1.807) is 11.3 Å². The largest absolute Gasteiger partial charge is 0.246 e. The highest BCUT2D eigenvalue weighted by Crippen LogP contribution is 2.25. The van der Waals surface area contributed by atoms with Crippen LogP contribution in [0.2, 0.25) is 5.15 Å². The van der Waals surface area contributed by atoms with Crippen LogP contribution in [0.1, 0.15) is 35.6 Å². The molecule has 2 heterocycles. The first-order valence-electron chi connectivity index (χ1n) is 5.72. The molecule has 96 valence electrons. The van der Waals surface area contributed by atoms with Gasteiger partial charge in [-0.3, -0.25) is 0 Å². The Morgan fingerprint density at radius 2 is 2.11 bits per heavy atom. The van der Waals surface area contributed by atoms with Gasteiger partial charge in [-0.25, -0.2) is 15.0 Å². The van der Waals surface area contributed by atoms with Crippen molar-refractivity contribution in [2.24, 2.45) is 0 Å². The van der Waals surface area contributed by atoms with E-state index in [9.17, 15) is 0 Å². The fourth-order valence-corrected chi connectivity index (χ4v) is 2.96. The van der Waals surface area contributed by atoms with Gasteiger partial charge >= 0.3 is 0 Å². The zero-order valence-corrected chi connectivity index (χ0v) is 13.4. The molecule has 2 aromatic heterocycles. The lowest BCUT2D eigenvalue weighted by atomic mass is 10.2. The first-order chi connectivity index (χ1) is 8.60. The van der Waals surface area contributed by atoms with Gasteiger partial charge in [-0.2, -0.15) is 0 Å². The number of hydrogen-bond donors (Lipinski definition) is 0. The summed E-state index contributed by atoms with van der Waals surface area (Å²) in [5.41, 5.74) is 2.01. The Balaban J connectivity index is 2.28. The number of rotatable bonds is 4. The van der Waals surface area contributed by atoms with E-state index < -0.39 is 0 Å². The molecule has 0 spiro atoms. The minimum absolute atomic E-state index is 0.483. The molecule has 0 saturated heterocycles.